The van der Waals surface area contributed by atoms with Crippen LogP contribution in [0.3, 0.4) is 0 Å². The van der Waals surface area contributed by atoms with E-state index < -0.39 is 0 Å². The van der Waals surface area contributed by atoms with Gasteiger partial charge in [0.1, 0.15) is 16.5 Å². The van der Waals surface area contributed by atoms with Gasteiger partial charge in [-0.2, -0.15) is 0 Å². The lowest BCUT2D eigenvalue weighted by atomic mass is 10.0. The Hall–Kier alpha value is -1.76. The Kier molecular flexibility index (Phi) is 4.24. The molecule has 0 amide bonds. The highest BCUT2D eigenvalue weighted by Crippen LogP contribution is 2.41. The van der Waals surface area contributed by atoms with Crippen LogP contribution in [0.25, 0.3) is 21.3 Å². The second-order valence-electron chi connectivity index (χ2n) is 4.71. The van der Waals surface area contributed by atoms with Crippen molar-refractivity contribution >= 4 is 39.0 Å². The smallest absolute Gasteiger partial charge is 0.225 e. The molecular weight excluding hydrogens is 325 g/mol. The van der Waals surface area contributed by atoms with Crippen LogP contribution in [-0.4, -0.2) is 28.2 Å². The Morgan fingerprint density at radius 3 is 2.68 bits per heavy atom. The molecule has 4 nitrogen and oxygen atoms in total. The highest BCUT2D eigenvalue weighted by atomic mass is 35.5. The van der Waals surface area contributed by atoms with Gasteiger partial charge in [-0.3, -0.25) is 0 Å². The number of nitrogens with zero attached hydrogens (tertiary/aromatic N) is 2. The van der Waals surface area contributed by atoms with Crippen LogP contribution in [0, 0.1) is 12.7 Å². The maximum Gasteiger partial charge on any atom is 0.225 e. The summed E-state index contributed by atoms with van der Waals surface area (Å²) < 4.78 is 13.2. The van der Waals surface area contributed by atoms with E-state index in [4.69, 9.17) is 16.7 Å². The summed E-state index contributed by atoms with van der Waals surface area (Å²) in [6.07, 6.45) is 0. The van der Waals surface area contributed by atoms with Crippen molar-refractivity contribution in [1.29, 1.82) is 0 Å². The molecule has 0 bridgehead atoms. The minimum Gasteiger partial charge on any atom is -0.395 e. The van der Waals surface area contributed by atoms with Crippen molar-refractivity contribution in [3.63, 3.8) is 0 Å². The Morgan fingerprint density at radius 1 is 1.27 bits per heavy atom. The lowest BCUT2D eigenvalue weighted by molar-refractivity contribution is 0.311. The van der Waals surface area contributed by atoms with Crippen molar-refractivity contribution in [2.45, 2.75) is 6.92 Å². The van der Waals surface area contributed by atoms with Gasteiger partial charge in [0.25, 0.3) is 0 Å². The second kappa shape index (κ2) is 6.16. The molecule has 2 aromatic heterocycles. The van der Waals surface area contributed by atoms with E-state index in [0.717, 1.165) is 26.2 Å². The highest BCUT2D eigenvalue weighted by molar-refractivity contribution is 7.19. The van der Waals surface area contributed by atoms with Crippen LogP contribution in [0.5, 0.6) is 0 Å². The summed E-state index contributed by atoms with van der Waals surface area (Å²) >= 11 is 7.47. The number of fused-ring (bicyclic) bond motifs is 1. The summed E-state index contributed by atoms with van der Waals surface area (Å²) in [6.45, 7) is 2.33. The van der Waals surface area contributed by atoms with E-state index in [1.165, 1.54) is 23.5 Å². The number of hydrogen-bond acceptors (Lipinski definition) is 5. The third-order valence-electron chi connectivity index (χ3n) is 3.24. The largest absolute Gasteiger partial charge is 0.395 e. The monoisotopic (exact) mass is 337 g/mol. The number of anilines is 1. The Bertz CT molecular complexity index is 820. The van der Waals surface area contributed by atoms with Crippen molar-refractivity contribution in [1.82, 2.24) is 9.97 Å². The van der Waals surface area contributed by atoms with E-state index in [1.54, 1.807) is 12.1 Å². The fourth-order valence-corrected chi connectivity index (χ4v) is 3.62. The first-order chi connectivity index (χ1) is 10.6. The van der Waals surface area contributed by atoms with E-state index in [9.17, 15) is 4.39 Å². The molecule has 2 heterocycles. The summed E-state index contributed by atoms with van der Waals surface area (Å²) in [5, 5.41) is 13.1. The molecule has 3 rings (SSSR count). The molecule has 0 saturated heterocycles. The van der Waals surface area contributed by atoms with Crippen LogP contribution < -0.4 is 5.32 Å². The molecule has 0 aliphatic carbocycles. The molecule has 2 N–H and O–H groups in total. The number of aliphatic hydroxyl groups is 1. The predicted molar refractivity (Wildman–Crippen MR) is 88.1 cm³/mol. The molecule has 7 heteroatoms. The van der Waals surface area contributed by atoms with Crippen LogP contribution in [0.4, 0.5) is 10.2 Å². The number of benzene rings is 1. The topological polar surface area (TPSA) is 58.0 Å². The maximum atomic E-state index is 13.2. The lowest BCUT2D eigenvalue weighted by Gasteiger charge is -2.08. The molecule has 0 unspecified atom stereocenters. The van der Waals surface area contributed by atoms with E-state index >= 15 is 0 Å². The molecule has 3 aromatic rings. The number of halogens is 2. The van der Waals surface area contributed by atoms with Gasteiger partial charge in [-0.15, -0.1) is 11.3 Å². The van der Waals surface area contributed by atoms with E-state index in [2.05, 4.69) is 15.3 Å². The maximum absolute atomic E-state index is 13.2. The van der Waals surface area contributed by atoms with Crippen LogP contribution in [-0.2, 0) is 0 Å². The average molecular weight is 338 g/mol. The summed E-state index contributed by atoms with van der Waals surface area (Å²) in [7, 11) is 0. The second-order valence-corrected chi connectivity index (χ2v) is 6.25. The van der Waals surface area contributed by atoms with E-state index in [0.29, 0.717) is 12.4 Å². The molecular formula is C15H13ClFN3OS. The average Bonchev–Trinajstić information content (AvgIpc) is 2.81. The normalized spacial score (nSPS) is 11.1. The molecule has 0 atom stereocenters. The number of aryl methyl sites for hydroxylation is 1. The van der Waals surface area contributed by atoms with Crippen LogP contribution in [0.2, 0.25) is 5.28 Å². The number of aliphatic hydroxyl groups excluding tert-OH is 1. The molecule has 1 aromatic carbocycles. The number of hydrogen-bond donors (Lipinski definition) is 2. The van der Waals surface area contributed by atoms with Gasteiger partial charge < -0.3 is 10.4 Å². The van der Waals surface area contributed by atoms with Crippen LogP contribution in [0.15, 0.2) is 24.3 Å². The number of rotatable bonds is 4. The van der Waals surface area contributed by atoms with Crippen LogP contribution >= 0.6 is 22.9 Å². The zero-order chi connectivity index (χ0) is 15.7. The molecule has 0 fully saturated rings. The first-order valence-electron chi connectivity index (χ1n) is 6.67. The van der Waals surface area contributed by atoms with Gasteiger partial charge in [0.2, 0.25) is 5.28 Å². The molecule has 0 saturated carbocycles. The molecule has 0 aliphatic heterocycles. The van der Waals surface area contributed by atoms with Crippen molar-refractivity contribution in [2.75, 3.05) is 18.5 Å². The minimum absolute atomic E-state index is 0.0158. The quantitative estimate of drug-likeness (QED) is 0.710. The first-order valence-corrected chi connectivity index (χ1v) is 7.87. The zero-order valence-corrected chi connectivity index (χ0v) is 13.3. The standard InChI is InChI=1S/C15H13ClFN3OS/c1-8-11(9-2-4-10(17)5-3-9)12-13(18-6-7-21)19-15(16)20-14(12)22-8/h2-5,21H,6-7H2,1H3,(H,18,19,20). The first kappa shape index (κ1) is 15.1. The van der Waals surface area contributed by atoms with Crippen molar-refractivity contribution in [2.24, 2.45) is 0 Å². The van der Waals surface area contributed by atoms with Gasteiger partial charge in [-0.25, -0.2) is 14.4 Å². The number of thiophene rings is 1. The van der Waals surface area contributed by atoms with Crippen LogP contribution in [0.1, 0.15) is 4.88 Å². The summed E-state index contributed by atoms with van der Waals surface area (Å²) in [4.78, 5) is 10.3. The molecule has 0 radical (unpaired) electrons. The number of nitrogens with one attached hydrogen (secondary N) is 1. The van der Waals surface area contributed by atoms with E-state index in [1.807, 2.05) is 6.92 Å². The molecule has 0 aliphatic rings. The fourth-order valence-electron chi connectivity index (χ4n) is 2.35. The molecule has 114 valence electrons. The molecule has 22 heavy (non-hydrogen) atoms. The third kappa shape index (κ3) is 2.77. The Morgan fingerprint density at radius 2 is 2.00 bits per heavy atom. The van der Waals surface area contributed by atoms with Crippen molar-refractivity contribution < 1.29 is 9.50 Å². The van der Waals surface area contributed by atoms with E-state index in [-0.39, 0.29) is 17.7 Å². The van der Waals surface area contributed by atoms with Crippen molar-refractivity contribution in [3.8, 4) is 11.1 Å². The Balaban J connectivity index is 2.24. The van der Waals surface area contributed by atoms with Gasteiger partial charge in [-0.1, -0.05) is 12.1 Å². The SMILES string of the molecule is Cc1sc2nc(Cl)nc(NCCO)c2c1-c1ccc(F)cc1. The zero-order valence-electron chi connectivity index (χ0n) is 11.7. The molecule has 0 spiro atoms. The number of aromatic nitrogens is 2. The minimum atomic E-state index is -0.279. The lowest BCUT2D eigenvalue weighted by Crippen LogP contribution is -2.07. The third-order valence-corrected chi connectivity index (χ3v) is 4.41. The fraction of sp³-hybridized carbons (Fsp3) is 0.200. The van der Waals surface area contributed by atoms with Gasteiger partial charge in [0, 0.05) is 17.0 Å². The highest BCUT2D eigenvalue weighted by Gasteiger charge is 2.18. The van der Waals surface area contributed by atoms with Gasteiger partial charge >= 0.3 is 0 Å². The van der Waals surface area contributed by atoms with Crippen molar-refractivity contribution in [3.05, 3.63) is 40.2 Å². The van der Waals surface area contributed by atoms with Gasteiger partial charge in [-0.05, 0) is 36.2 Å². The predicted octanol–water partition coefficient (Wildman–Crippen LogP) is 3.86. The van der Waals surface area contributed by atoms with Gasteiger partial charge in [0.05, 0.1) is 12.0 Å². The summed E-state index contributed by atoms with van der Waals surface area (Å²) in [5.74, 6) is 0.298. The Labute approximate surface area is 135 Å². The van der Waals surface area contributed by atoms with Gasteiger partial charge in [0.15, 0.2) is 0 Å². The summed E-state index contributed by atoms with van der Waals surface area (Å²) in [6, 6.07) is 6.31. The summed E-state index contributed by atoms with van der Waals surface area (Å²) in [5.41, 5.74) is 1.85.